The van der Waals surface area contributed by atoms with Gasteiger partial charge < -0.3 is 14.8 Å². The molecule has 25 heavy (non-hydrogen) atoms. The largest absolute Gasteiger partial charge is 0.482 e. The highest BCUT2D eigenvalue weighted by atomic mass is 16.6. The first-order chi connectivity index (χ1) is 11.9. The summed E-state index contributed by atoms with van der Waals surface area (Å²) in [4.78, 5) is 23.7. The summed E-state index contributed by atoms with van der Waals surface area (Å²) in [5.41, 5.74) is 2.26. The lowest BCUT2D eigenvalue weighted by molar-refractivity contribution is -0.150. The van der Waals surface area contributed by atoms with Crippen molar-refractivity contribution in [3.05, 3.63) is 29.3 Å². The number of benzene rings is 1. The van der Waals surface area contributed by atoms with Gasteiger partial charge in [-0.3, -0.25) is 4.79 Å². The number of esters is 1. The Morgan fingerprint density at radius 1 is 1.12 bits per heavy atom. The van der Waals surface area contributed by atoms with Crippen molar-refractivity contribution in [1.29, 1.82) is 0 Å². The first kappa shape index (κ1) is 19.3. The maximum Gasteiger partial charge on any atom is 0.344 e. The molecule has 1 fully saturated rings. The smallest absolute Gasteiger partial charge is 0.344 e. The number of hydrogen-bond donors (Lipinski definition) is 1. The van der Waals surface area contributed by atoms with E-state index in [2.05, 4.69) is 19.2 Å². The Balaban J connectivity index is 1.70. The highest BCUT2D eigenvalue weighted by molar-refractivity contribution is 5.81. The molecule has 0 bridgehead atoms. The molecule has 1 aromatic rings. The van der Waals surface area contributed by atoms with E-state index in [9.17, 15) is 9.59 Å². The van der Waals surface area contributed by atoms with Gasteiger partial charge in [-0.15, -0.1) is 0 Å². The molecule has 5 heteroatoms. The van der Waals surface area contributed by atoms with E-state index in [1.807, 2.05) is 32.0 Å². The molecule has 1 amide bonds. The Kier molecular flexibility index (Phi) is 6.85. The Morgan fingerprint density at radius 3 is 2.60 bits per heavy atom. The molecule has 5 nitrogen and oxygen atoms in total. The summed E-state index contributed by atoms with van der Waals surface area (Å²) in [7, 11) is 0. The molecule has 138 valence electrons. The van der Waals surface area contributed by atoms with E-state index in [4.69, 9.17) is 9.47 Å². The lowest BCUT2D eigenvalue weighted by Gasteiger charge is -2.34. The van der Waals surface area contributed by atoms with Crippen LogP contribution in [0.1, 0.15) is 44.2 Å². The van der Waals surface area contributed by atoms with Crippen molar-refractivity contribution in [3.63, 3.8) is 0 Å². The van der Waals surface area contributed by atoms with Crippen LogP contribution < -0.4 is 10.1 Å². The van der Waals surface area contributed by atoms with Gasteiger partial charge in [-0.2, -0.15) is 0 Å². The number of rotatable bonds is 6. The summed E-state index contributed by atoms with van der Waals surface area (Å²) in [5.74, 6) is 0.882. The van der Waals surface area contributed by atoms with Crippen molar-refractivity contribution in [2.45, 2.75) is 53.0 Å². The number of aryl methyl sites for hydroxylation is 2. The first-order valence-corrected chi connectivity index (χ1v) is 9.02. The molecule has 0 unspecified atom stereocenters. The minimum Gasteiger partial charge on any atom is -0.482 e. The van der Waals surface area contributed by atoms with Crippen LogP contribution in [0, 0.1) is 25.7 Å². The van der Waals surface area contributed by atoms with E-state index in [0.29, 0.717) is 17.6 Å². The molecule has 0 aromatic heterocycles. The molecular formula is C20H29NO4. The average molecular weight is 347 g/mol. The average Bonchev–Trinajstić information content (AvgIpc) is 2.58. The Morgan fingerprint density at radius 2 is 1.88 bits per heavy atom. The van der Waals surface area contributed by atoms with Gasteiger partial charge in [0.05, 0.1) is 0 Å². The van der Waals surface area contributed by atoms with Crippen LogP contribution in [0.4, 0.5) is 0 Å². The molecular weight excluding hydrogens is 318 g/mol. The van der Waals surface area contributed by atoms with E-state index in [-0.39, 0.29) is 25.2 Å². The van der Waals surface area contributed by atoms with Gasteiger partial charge in [-0.1, -0.05) is 32.8 Å². The summed E-state index contributed by atoms with van der Waals surface area (Å²) in [6.07, 6.45) is 3.32. The van der Waals surface area contributed by atoms with Gasteiger partial charge in [0.2, 0.25) is 0 Å². The second kappa shape index (κ2) is 8.88. The van der Waals surface area contributed by atoms with E-state index >= 15 is 0 Å². The second-order valence-electron chi connectivity index (χ2n) is 7.14. The zero-order valence-corrected chi connectivity index (χ0v) is 15.6. The standard InChI is InChI=1S/C20H29NO4/c1-13-8-9-17(10-15(13)3)24-12-20(23)25-11-19(22)21-18-7-5-6-14(2)16(18)4/h8-10,14,16,18H,5-7,11-12H2,1-4H3,(H,21,22)/t14-,16+,18+/m1/s1. The van der Waals surface area contributed by atoms with Gasteiger partial charge in [-0.05, 0) is 55.4 Å². The number of hydrogen-bond acceptors (Lipinski definition) is 4. The Bertz CT molecular complexity index is 614. The van der Waals surface area contributed by atoms with Crippen LogP contribution in [-0.2, 0) is 14.3 Å². The zero-order valence-electron chi connectivity index (χ0n) is 15.6. The topological polar surface area (TPSA) is 64.6 Å². The quantitative estimate of drug-likeness (QED) is 0.803. The zero-order chi connectivity index (χ0) is 18.4. The summed E-state index contributed by atoms with van der Waals surface area (Å²) in [5, 5.41) is 2.98. The highest BCUT2D eigenvalue weighted by Gasteiger charge is 2.28. The van der Waals surface area contributed by atoms with Crippen LogP contribution in [0.25, 0.3) is 0 Å². The molecule has 3 atom stereocenters. The first-order valence-electron chi connectivity index (χ1n) is 9.02. The molecule has 0 spiro atoms. The highest BCUT2D eigenvalue weighted by Crippen LogP contribution is 2.29. The van der Waals surface area contributed by atoms with Crippen molar-refractivity contribution in [2.75, 3.05) is 13.2 Å². The fourth-order valence-corrected chi connectivity index (χ4v) is 3.17. The van der Waals surface area contributed by atoms with Gasteiger partial charge in [0.15, 0.2) is 13.2 Å². The summed E-state index contributed by atoms with van der Waals surface area (Å²) in [6, 6.07) is 5.80. The minimum absolute atomic E-state index is 0.168. The van der Waals surface area contributed by atoms with Crippen LogP contribution >= 0.6 is 0 Å². The van der Waals surface area contributed by atoms with E-state index in [1.165, 1.54) is 6.42 Å². The van der Waals surface area contributed by atoms with Crippen molar-refractivity contribution in [2.24, 2.45) is 11.8 Å². The van der Waals surface area contributed by atoms with E-state index < -0.39 is 5.97 Å². The number of carbonyl (C=O) groups is 2. The number of carbonyl (C=O) groups excluding carboxylic acids is 2. The summed E-state index contributed by atoms with van der Waals surface area (Å²) < 4.78 is 10.4. The van der Waals surface area contributed by atoms with Crippen LogP contribution in [0.15, 0.2) is 18.2 Å². The predicted molar refractivity (Wildman–Crippen MR) is 96.5 cm³/mol. The molecule has 1 aliphatic rings. The number of nitrogens with one attached hydrogen (secondary N) is 1. The van der Waals surface area contributed by atoms with Crippen molar-refractivity contribution in [1.82, 2.24) is 5.32 Å². The molecule has 0 aliphatic heterocycles. The van der Waals surface area contributed by atoms with Gasteiger partial charge in [0.1, 0.15) is 5.75 Å². The van der Waals surface area contributed by atoms with E-state index in [1.54, 1.807) is 0 Å². The van der Waals surface area contributed by atoms with Crippen LogP contribution in [0.5, 0.6) is 5.75 Å². The molecule has 0 heterocycles. The molecule has 1 aliphatic carbocycles. The third-order valence-corrected chi connectivity index (χ3v) is 5.25. The third-order valence-electron chi connectivity index (χ3n) is 5.25. The summed E-state index contributed by atoms with van der Waals surface area (Å²) >= 11 is 0. The summed E-state index contributed by atoms with van der Waals surface area (Å²) in [6.45, 7) is 7.92. The van der Waals surface area contributed by atoms with Gasteiger partial charge in [0.25, 0.3) is 5.91 Å². The van der Waals surface area contributed by atoms with Crippen LogP contribution in [-0.4, -0.2) is 31.1 Å². The van der Waals surface area contributed by atoms with Crippen LogP contribution in [0.3, 0.4) is 0 Å². The monoisotopic (exact) mass is 347 g/mol. The van der Waals surface area contributed by atoms with Gasteiger partial charge >= 0.3 is 5.97 Å². The normalized spacial score (nSPS) is 23.0. The van der Waals surface area contributed by atoms with Gasteiger partial charge in [-0.25, -0.2) is 4.79 Å². The van der Waals surface area contributed by atoms with E-state index in [0.717, 1.165) is 24.0 Å². The Hall–Kier alpha value is -2.04. The lowest BCUT2D eigenvalue weighted by atomic mass is 9.78. The molecule has 1 saturated carbocycles. The molecule has 1 N–H and O–H groups in total. The minimum atomic E-state index is -0.543. The number of ether oxygens (including phenoxy) is 2. The maximum atomic E-state index is 12.0. The van der Waals surface area contributed by atoms with Crippen molar-refractivity contribution < 1.29 is 19.1 Å². The molecule has 0 radical (unpaired) electrons. The van der Waals surface area contributed by atoms with Crippen molar-refractivity contribution >= 4 is 11.9 Å². The molecule has 1 aromatic carbocycles. The molecule has 0 saturated heterocycles. The maximum absolute atomic E-state index is 12.0. The fourth-order valence-electron chi connectivity index (χ4n) is 3.17. The second-order valence-corrected chi connectivity index (χ2v) is 7.14. The number of amides is 1. The lowest BCUT2D eigenvalue weighted by Crippen LogP contribution is -2.45. The SMILES string of the molecule is Cc1ccc(OCC(=O)OCC(=O)N[C@H]2CCC[C@@H](C)[C@@H]2C)cc1C. The Labute approximate surface area is 150 Å². The molecule has 2 rings (SSSR count). The predicted octanol–water partition coefficient (Wildman–Crippen LogP) is 3.17. The third kappa shape index (κ3) is 5.76. The van der Waals surface area contributed by atoms with Crippen molar-refractivity contribution in [3.8, 4) is 5.75 Å². The fraction of sp³-hybridized carbons (Fsp3) is 0.600. The van der Waals surface area contributed by atoms with Gasteiger partial charge in [0, 0.05) is 6.04 Å². The van der Waals surface area contributed by atoms with Crippen LogP contribution in [0.2, 0.25) is 0 Å².